The van der Waals surface area contributed by atoms with Crippen LogP contribution in [-0.2, 0) is 11.3 Å². The first-order valence-electron chi connectivity index (χ1n) is 12.4. The van der Waals surface area contributed by atoms with Gasteiger partial charge in [-0.3, -0.25) is 4.90 Å². The Morgan fingerprint density at radius 2 is 2.00 bits per heavy atom. The number of aromatic nitrogens is 5. The molecule has 38 heavy (non-hydrogen) atoms. The molecule has 9 nitrogen and oxygen atoms in total. The van der Waals surface area contributed by atoms with Crippen molar-refractivity contribution in [2.75, 3.05) is 38.7 Å². The number of benzene rings is 1. The molecule has 2 atom stereocenters. The van der Waals surface area contributed by atoms with E-state index in [2.05, 4.69) is 25.3 Å². The molecule has 0 unspecified atom stereocenters. The van der Waals surface area contributed by atoms with Gasteiger partial charge in [0.2, 0.25) is 11.8 Å². The smallest absolute Gasteiger partial charge is 0.406 e. The van der Waals surface area contributed by atoms with Gasteiger partial charge in [0.25, 0.3) is 0 Å². The Kier molecular flexibility index (Phi) is 6.14. The molecule has 2 saturated heterocycles. The average molecular weight is 534 g/mol. The lowest BCUT2D eigenvalue weighted by molar-refractivity contribution is -0.140. The summed E-state index contributed by atoms with van der Waals surface area (Å²) in [5.74, 6) is 0.784. The van der Waals surface area contributed by atoms with Gasteiger partial charge in [0, 0.05) is 24.8 Å². The highest BCUT2D eigenvalue weighted by Crippen LogP contribution is 2.34. The molecule has 13 heteroatoms. The van der Waals surface area contributed by atoms with Crippen LogP contribution < -0.4 is 10.1 Å². The Morgan fingerprint density at radius 3 is 2.68 bits per heavy atom. The topological polar surface area (TPSA) is 81.7 Å². The maximum absolute atomic E-state index is 15.0. The molecule has 2 aliphatic heterocycles. The first kappa shape index (κ1) is 24.9. The molecule has 5 heterocycles. The third kappa shape index (κ3) is 4.53. The molecule has 0 saturated carbocycles. The van der Waals surface area contributed by atoms with Crippen LogP contribution in [0, 0.1) is 6.92 Å². The van der Waals surface area contributed by atoms with Crippen molar-refractivity contribution in [2.24, 2.45) is 0 Å². The maximum atomic E-state index is 15.0. The Labute approximate surface area is 215 Å². The number of likely N-dealkylation sites (tertiary alicyclic amines) is 1. The predicted octanol–water partition coefficient (Wildman–Crippen LogP) is 3.85. The van der Waals surface area contributed by atoms with Gasteiger partial charge in [0.1, 0.15) is 24.1 Å². The number of anilines is 1. The number of alkyl halides is 4. The lowest BCUT2D eigenvalue weighted by Gasteiger charge is -2.42. The molecule has 0 amide bonds. The van der Waals surface area contributed by atoms with Crippen LogP contribution in [0.1, 0.15) is 12.2 Å². The lowest BCUT2D eigenvalue weighted by atomic mass is 10.0. The molecule has 202 valence electrons. The van der Waals surface area contributed by atoms with E-state index in [1.165, 1.54) is 7.11 Å². The van der Waals surface area contributed by atoms with E-state index in [9.17, 15) is 17.6 Å². The molecular formula is C25H27F4N7O2. The van der Waals surface area contributed by atoms with Crippen molar-refractivity contribution < 1.29 is 27.0 Å². The van der Waals surface area contributed by atoms with Gasteiger partial charge in [-0.1, -0.05) is 6.07 Å². The van der Waals surface area contributed by atoms with Crippen molar-refractivity contribution in [3.05, 3.63) is 36.3 Å². The first-order valence-corrected chi connectivity index (χ1v) is 12.4. The molecule has 6 rings (SSSR count). The summed E-state index contributed by atoms with van der Waals surface area (Å²) in [4.78, 5) is 10.9. The number of halogens is 4. The highest BCUT2D eigenvalue weighted by atomic mass is 19.4. The molecule has 0 bridgehead atoms. The molecule has 0 spiro atoms. The molecule has 0 radical (unpaired) electrons. The Hall–Kier alpha value is -3.45. The van der Waals surface area contributed by atoms with E-state index in [1.807, 2.05) is 0 Å². The molecule has 4 aromatic rings. The number of hydrogen-bond donors (Lipinski definition) is 1. The summed E-state index contributed by atoms with van der Waals surface area (Å²) < 4.78 is 68.1. The summed E-state index contributed by atoms with van der Waals surface area (Å²) in [5.41, 5.74) is 2.76. The third-order valence-corrected chi connectivity index (χ3v) is 7.28. The summed E-state index contributed by atoms with van der Waals surface area (Å²) in [6.45, 7) is 2.80. The second kappa shape index (κ2) is 9.38. The fraction of sp³-hybridized carbons (Fsp3) is 0.480. The van der Waals surface area contributed by atoms with Gasteiger partial charge in [-0.25, -0.2) is 13.9 Å². The SMILES string of the molecule is COc1nc(N[C@H]2CCN(C3COC3)C[C@H]2F)nn2ccc(-c3ccc4nc(C)n(CC(F)(F)F)c4c3)c12. The van der Waals surface area contributed by atoms with Crippen LogP contribution in [0.15, 0.2) is 30.5 Å². The molecule has 2 aliphatic rings. The molecule has 1 N–H and O–H groups in total. The zero-order valence-electron chi connectivity index (χ0n) is 20.9. The largest absolute Gasteiger partial charge is 0.479 e. The number of ether oxygens (including phenoxy) is 2. The molecule has 3 aromatic heterocycles. The van der Waals surface area contributed by atoms with Gasteiger partial charge in [0.15, 0.2) is 0 Å². The highest BCUT2D eigenvalue weighted by Gasteiger charge is 2.36. The van der Waals surface area contributed by atoms with Crippen molar-refractivity contribution >= 4 is 22.5 Å². The van der Waals surface area contributed by atoms with E-state index in [-0.39, 0.29) is 23.7 Å². The number of aryl methyl sites for hydroxylation is 1. The normalized spacial score (nSPS) is 21.2. The fourth-order valence-electron chi connectivity index (χ4n) is 5.24. The summed E-state index contributed by atoms with van der Waals surface area (Å²) >= 11 is 0. The Balaban J connectivity index is 1.30. The van der Waals surface area contributed by atoms with Crippen molar-refractivity contribution in [2.45, 2.75) is 44.3 Å². The van der Waals surface area contributed by atoms with Gasteiger partial charge < -0.3 is 19.4 Å². The molecule has 0 aliphatic carbocycles. The van der Waals surface area contributed by atoms with E-state index in [0.717, 1.165) is 11.1 Å². The van der Waals surface area contributed by atoms with E-state index in [0.29, 0.717) is 53.9 Å². The standard InChI is InChI=1S/C25H27F4N7O2/c1-14-30-20-4-3-15(9-21(20)35(14)13-25(27,28)29)17-5-8-36-22(17)23(37-2)32-24(33-36)31-19-6-7-34(10-18(19)26)16-11-38-12-16/h3-5,8-9,16,18-19H,6-7,10-13H2,1-2H3,(H,31,33)/t18-,19+/m1/s1. The van der Waals surface area contributed by atoms with Gasteiger partial charge in [-0.05, 0) is 37.1 Å². The number of nitrogens with zero attached hydrogens (tertiary/aromatic N) is 6. The van der Waals surface area contributed by atoms with Crippen LogP contribution in [0.4, 0.5) is 23.5 Å². The predicted molar refractivity (Wildman–Crippen MR) is 132 cm³/mol. The zero-order valence-corrected chi connectivity index (χ0v) is 20.9. The monoisotopic (exact) mass is 533 g/mol. The maximum Gasteiger partial charge on any atom is 0.406 e. The lowest BCUT2D eigenvalue weighted by Crippen LogP contribution is -2.57. The van der Waals surface area contributed by atoms with Gasteiger partial charge in [-0.2, -0.15) is 18.2 Å². The van der Waals surface area contributed by atoms with E-state index in [4.69, 9.17) is 9.47 Å². The number of piperidine rings is 1. The minimum atomic E-state index is -4.38. The summed E-state index contributed by atoms with van der Waals surface area (Å²) in [6, 6.07) is 6.81. The summed E-state index contributed by atoms with van der Waals surface area (Å²) in [6.07, 6.45) is -3.15. The van der Waals surface area contributed by atoms with Crippen LogP contribution in [0.2, 0.25) is 0 Å². The van der Waals surface area contributed by atoms with Crippen molar-refractivity contribution in [1.82, 2.24) is 29.0 Å². The minimum Gasteiger partial charge on any atom is -0.479 e. The van der Waals surface area contributed by atoms with Gasteiger partial charge in [0.05, 0.1) is 43.4 Å². The molecule has 2 fully saturated rings. The fourth-order valence-corrected chi connectivity index (χ4v) is 5.24. The highest BCUT2D eigenvalue weighted by molar-refractivity contribution is 5.89. The van der Waals surface area contributed by atoms with Crippen LogP contribution in [0.3, 0.4) is 0 Å². The number of rotatable bonds is 6. The number of imidazole rings is 1. The first-order chi connectivity index (χ1) is 18.2. The number of fused-ring (bicyclic) bond motifs is 2. The summed E-state index contributed by atoms with van der Waals surface area (Å²) in [7, 11) is 1.48. The van der Waals surface area contributed by atoms with Crippen molar-refractivity contribution in [1.29, 1.82) is 0 Å². The zero-order chi connectivity index (χ0) is 26.6. The van der Waals surface area contributed by atoms with Crippen LogP contribution >= 0.6 is 0 Å². The average Bonchev–Trinajstić information content (AvgIpc) is 3.39. The molecular weight excluding hydrogens is 506 g/mol. The second-order valence-corrected chi connectivity index (χ2v) is 9.77. The van der Waals surface area contributed by atoms with Crippen LogP contribution in [0.5, 0.6) is 5.88 Å². The Morgan fingerprint density at radius 1 is 1.18 bits per heavy atom. The Bertz CT molecular complexity index is 1480. The van der Waals surface area contributed by atoms with Crippen molar-refractivity contribution in [3.63, 3.8) is 0 Å². The van der Waals surface area contributed by atoms with Gasteiger partial charge >= 0.3 is 6.18 Å². The van der Waals surface area contributed by atoms with E-state index in [1.54, 1.807) is 41.9 Å². The number of hydrogen-bond acceptors (Lipinski definition) is 7. The number of nitrogens with one attached hydrogen (secondary N) is 1. The van der Waals surface area contributed by atoms with Crippen LogP contribution in [-0.4, -0.2) is 86.9 Å². The summed E-state index contributed by atoms with van der Waals surface area (Å²) in [5, 5.41) is 7.64. The van der Waals surface area contributed by atoms with Crippen molar-refractivity contribution in [3.8, 4) is 17.0 Å². The van der Waals surface area contributed by atoms with Gasteiger partial charge in [-0.15, -0.1) is 5.10 Å². The van der Waals surface area contributed by atoms with E-state index < -0.39 is 24.9 Å². The molecule has 1 aromatic carbocycles. The minimum absolute atomic E-state index is 0.235. The number of methoxy groups -OCH3 is 1. The van der Waals surface area contributed by atoms with Crippen LogP contribution in [0.25, 0.3) is 27.7 Å². The van der Waals surface area contributed by atoms with E-state index >= 15 is 0 Å². The third-order valence-electron chi connectivity index (χ3n) is 7.28. The second-order valence-electron chi connectivity index (χ2n) is 9.77. The quantitative estimate of drug-likeness (QED) is 0.377.